The third-order valence-corrected chi connectivity index (χ3v) is 3.39. The van der Waals surface area contributed by atoms with E-state index in [4.69, 9.17) is 0 Å². The summed E-state index contributed by atoms with van der Waals surface area (Å²) in [6, 6.07) is 6.27. The average molecular weight is 253 g/mol. The molecule has 0 saturated heterocycles. The maximum absolute atomic E-state index is 4.52. The Hall–Kier alpha value is -0.830. The minimum atomic E-state index is 0.329. The molecule has 1 aromatic carbocycles. The summed E-state index contributed by atoms with van der Waals surface area (Å²) in [6.45, 7) is 4.23. The Morgan fingerprint density at radius 2 is 2.29 bits per heavy atom. The number of aryl methyl sites for hydroxylation is 1. The van der Waals surface area contributed by atoms with Gasteiger partial charge in [0.05, 0.1) is 15.9 Å². The van der Waals surface area contributed by atoms with E-state index in [1.54, 1.807) is 0 Å². The fraction of sp³-hybridized carbons (Fsp3) is 0.364. The highest BCUT2D eigenvalue weighted by Gasteiger charge is 2.09. The molecule has 0 aliphatic heterocycles. The molecule has 14 heavy (non-hydrogen) atoms. The Kier molecular flexibility index (Phi) is 2.59. The van der Waals surface area contributed by atoms with Crippen LogP contribution in [-0.2, 0) is 0 Å². The van der Waals surface area contributed by atoms with Crippen molar-refractivity contribution in [2.45, 2.75) is 25.1 Å². The number of fused-ring (bicyclic) bond motifs is 1. The van der Waals surface area contributed by atoms with Gasteiger partial charge in [0.1, 0.15) is 5.82 Å². The first-order chi connectivity index (χ1) is 6.70. The summed E-state index contributed by atoms with van der Waals surface area (Å²) in [4.78, 5) is 8.18. The lowest BCUT2D eigenvalue weighted by molar-refractivity contribution is 0.852. The van der Waals surface area contributed by atoms with Crippen molar-refractivity contribution >= 4 is 27.0 Å². The number of benzene rings is 1. The SMILES string of the molecule is CCC(Br)c1nc2ccc(C)cc2[nH]1. The number of halogens is 1. The Morgan fingerprint density at radius 1 is 1.50 bits per heavy atom. The highest BCUT2D eigenvalue weighted by Crippen LogP contribution is 2.25. The lowest BCUT2D eigenvalue weighted by Crippen LogP contribution is -1.89. The van der Waals surface area contributed by atoms with Gasteiger partial charge in [-0.05, 0) is 31.0 Å². The molecule has 74 valence electrons. The smallest absolute Gasteiger partial charge is 0.121 e. The predicted octanol–water partition coefficient (Wildman–Crippen LogP) is 3.72. The van der Waals surface area contributed by atoms with Crippen molar-refractivity contribution in [1.82, 2.24) is 9.97 Å². The van der Waals surface area contributed by atoms with E-state index in [1.165, 1.54) is 5.56 Å². The van der Waals surface area contributed by atoms with Crippen LogP contribution in [0.3, 0.4) is 0 Å². The number of H-pyrrole nitrogens is 1. The molecule has 2 aromatic rings. The van der Waals surface area contributed by atoms with Crippen LogP contribution >= 0.6 is 15.9 Å². The number of hydrogen-bond acceptors (Lipinski definition) is 1. The first-order valence-corrected chi connectivity index (χ1v) is 5.72. The van der Waals surface area contributed by atoms with E-state index in [2.05, 4.69) is 57.9 Å². The summed E-state index contributed by atoms with van der Waals surface area (Å²) in [5.74, 6) is 1.02. The number of rotatable bonds is 2. The zero-order chi connectivity index (χ0) is 10.1. The predicted molar refractivity (Wildman–Crippen MR) is 62.8 cm³/mol. The molecule has 0 saturated carbocycles. The molecule has 0 spiro atoms. The summed E-state index contributed by atoms with van der Waals surface area (Å²) in [7, 11) is 0. The molecular formula is C11H13BrN2. The number of hydrogen-bond donors (Lipinski definition) is 1. The largest absolute Gasteiger partial charge is 0.341 e. The number of nitrogens with one attached hydrogen (secondary N) is 1. The highest BCUT2D eigenvalue weighted by atomic mass is 79.9. The second kappa shape index (κ2) is 3.73. The summed E-state index contributed by atoms with van der Waals surface area (Å²) in [6.07, 6.45) is 1.04. The summed E-state index contributed by atoms with van der Waals surface area (Å²) >= 11 is 3.59. The monoisotopic (exact) mass is 252 g/mol. The van der Waals surface area contributed by atoms with E-state index in [-0.39, 0.29) is 0 Å². The van der Waals surface area contributed by atoms with Crippen LogP contribution in [0.5, 0.6) is 0 Å². The van der Waals surface area contributed by atoms with Crippen LogP contribution in [0, 0.1) is 6.92 Å². The van der Waals surface area contributed by atoms with Crippen molar-refractivity contribution in [2.75, 3.05) is 0 Å². The minimum Gasteiger partial charge on any atom is -0.341 e. The van der Waals surface area contributed by atoms with Gasteiger partial charge in [0.15, 0.2) is 0 Å². The summed E-state index contributed by atoms with van der Waals surface area (Å²) in [5.41, 5.74) is 3.43. The number of nitrogens with zero attached hydrogens (tertiary/aromatic N) is 1. The van der Waals surface area contributed by atoms with Crippen LogP contribution in [-0.4, -0.2) is 9.97 Å². The Labute approximate surface area is 91.9 Å². The van der Waals surface area contributed by atoms with Gasteiger partial charge in [-0.2, -0.15) is 0 Å². The molecule has 0 aliphatic carbocycles. The molecule has 1 atom stereocenters. The van der Waals surface area contributed by atoms with Gasteiger partial charge in [0, 0.05) is 0 Å². The Morgan fingerprint density at radius 3 is 3.00 bits per heavy atom. The molecule has 2 rings (SSSR count). The van der Waals surface area contributed by atoms with Gasteiger partial charge < -0.3 is 4.98 Å². The minimum absolute atomic E-state index is 0.329. The summed E-state index contributed by atoms with van der Waals surface area (Å²) < 4.78 is 0. The maximum atomic E-state index is 4.52. The normalized spacial score (nSPS) is 13.4. The number of alkyl halides is 1. The third kappa shape index (κ3) is 1.69. The molecule has 0 amide bonds. The van der Waals surface area contributed by atoms with Crippen molar-refractivity contribution < 1.29 is 0 Å². The van der Waals surface area contributed by atoms with Crippen LogP contribution in [0.4, 0.5) is 0 Å². The molecular weight excluding hydrogens is 240 g/mol. The molecule has 0 fully saturated rings. The molecule has 0 bridgehead atoms. The van der Waals surface area contributed by atoms with E-state index in [0.29, 0.717) is 4.83 Å². The number of aromatic amines is 1. The van der Waals surface area contributed by atoms with Crippen LogP contribution in [0.15, 0.2) is 18.2 Å². The lowest BCUT2D eigenvalue weighted by atomic mass is 10.2. The van der Waals surface area contributed by atoms with Crippen molar-refractivity contribution in [3.63, 3.8) is 0 Å². The second-order valence-electron chi connectivity index (χ2n) is 3.52. The van der Waals surface area contributed by atoms with Gasteiger partial charge in [0.2, 0.25) is 0 Å². The van der Waals surface area contributed by atoms with Gasteiger partial charge in [-0.15, -0.1) is 0 Å². The summed E-state index contributed by atoms with van der Waals surface area (Å²) in [5, 5.41) is 0. The number of imidazole rings is 1. The molecule has 0 aliphatic rings. The molecule has 1 unspecified atom stereocenters. The fourth-order valence-electron chi connectivity index (χ4n) is 1.48. The number of aromatic nitrogens is 2. The van der Waals surface area contributed by atoms with Gasteiger partial charge >= 0.3 is 0 Å². The lowest BCUT2D eigenvalue weighted by Gasteiger charge is -1.99. The Balaban J connectivity index is 2.51. The van der Waals surface area contributed by atoms with Crippen LogP contribution in [0.25, 0.3) is 11.0 Å². The van der Waals surface area contributed by atoms with E-state index < -0.39 is 0 Å². The van der Waals surface area contributed by atoms with E-state index >= 15 is 0 Å². The molecule has 0 radical (unpaired) electrons. The maximum Gasteiger partial charge on any atom is 0.121 e. The van der Waals surface area contributed by atoms with Crippen molar-refractivity contribution in [1.29, 1.82) is 0 Å². The highest BCUT2D eigenvalue weighted by molar-refractivity contribution is 9.09. The fourth-order valence-corrected chi connectivity index (χ4v) is 1.70. The van der Waals surface area contributed by atoms with Gasteiger partial charge in [-0.25, -0.2) is 4.98 Å². The van der Waals surface area contributed by atoms with Crippen molar-refractivity contribution in [2.24, 2.45) is 0 Å². The molecule has 3 heteroatoms. The standard InChI is InChI=1S/C11H13BrN2/c1-3-8(12)11-13-9-5-4-7(2)6-10(9)14-11/h4-6,8H,3H2,1-2H3,(H,13,14). The molecule has 1 N–H and O–H groups in total. The van der Waals surface area contributed by atoms with E-state index in [0.717, 1.165) is 23.3 Å². The van der Waals surface area contributed by atoms with Crippen molar-refractivity contribution in [3.05, 3.63) is 29.6 Å². The second-order valence-corrected chi connectivity index (χ2v) is 4.62. The van der Waals surface area contributed by atoms with Gasteiger partial charge in [0.25, 0.3) is 0 Å². The molecule has 2 nitrogen and oxygen atoms in total. The molecule has 1 aromatic heterocycles. The topological polar surface area (TPSA) is 28.7 Å². The first kappa shape index (κ1) is 9.71. The Bertz CT molecular complexity index is 447. The first-order valence-electron chi connectivity index (χ1n) is 4.81. The van der Waals surface area contributed by atoms with E-state index in [1.807, 2.05) is 0 Å². The zero-order valence-corrected chi connectivity index (χ0v) is 9.93. The molecule has 1 heterocycles. The van der Waals surface area contributed by atoms with Gasteiger partial charge in [-0.3, -0.25) is 0 Å². The van der Waals surface area contributed by atoms with Crippen LogP contribution in [0.1, 0.15) is 29.6 Å². The van der Waals surface area contributed by atoms with Crippen LogP contribution < -0.4 is 0 Å². The zero-order valence-electron chi connectivity index (χ0n) is 8.34. The average Bonchev–Trinajstić information content (AvgIpc) is 2.59. The van der Waals surface area contributed by atoms with Crippen LogP contribution in [0.2, 0.25) is 0 Å². The van der Waals surface area contributed by atoms with Gasteiger partial charge in [-0.1, -0.05) is 28.9 Å². The van der Waals surface area contributed by atoms with E-state index in [9.17, 15) is 0 Å². The quantitative estimate of drug-likeness (QED) is 0.812. The van der Waals surface area contributed by atoms with Crippen molar-refractivity contribution in [3.8, 4) is 0 Å². The third-order valence-electron chi connectivity index (χ3n) is 2.31.